The van der Waals surface area contributed by atoms with Crippen LogP contribution in [-0.4, -0.2) is 39.5 Å². The Morgan fingerprint density at radius 3 is 2.81 bits per heavy atom. The third-order valence-corrected chi connectivity index (χ3v) is 5.14. The fraction of sp³-hybridized carbons (Fsp3) is 0.286. The Bertz CT molecular complexity index is 954. The van der Waals surface area contributed by atoms with Crippen molar-refractivity contribution in [1.29, 1.82) is 0 Å². The van der Waals surface area contributed by atoms with E-state index in [9.17, 15) is 5.11 Å². The van der Waals surface area contributed by atoms with Crippen LogP contribution in [0.4, 0.5) is 0 Å². The van der Waals surface area contributed by atoms with Crippen LogP contribution in [0.5, 0.6) is 11.5 Å². The lowest BCUT2D eigenvalue weighted by Crippen LogP contribution is -2.29. The van der Waals surface area contributed by atoms with Gasteiger partial charge in [0.15, 0.2) is 11.5 Å². The van der Waals surface area contributed by atoms with E-state index in [0.29, 0.717) is 17.4 Å². The summed E-state index contributed by atoms with van der Waals surface area (Å²) >= 11 is 6.13. The Hall–Kier alpha value is -2.50. The number of hydrogen-bond donors (Lipinski definition) is 1. The average molecular weight is 384 g/mol. The molecule has 0 amide bonds. The molecular formula is C21H22ClN3O2. The Labute approximate surface area is 163 Å². The van der Waals surface area contributed by atoms with Crippen LogP contribution in [0.1, 0.15) is 11.3 Å². The van der Waals surface area contributed by atoms with Gasteiger partial charge in [0.25, 0.3) is 0 Å². The lowest BCUT2D eigenvalue weighted by Gasteiger charge is -2.20. The van der Waals surface area contributed by atoms with Gasteiger partial charge in [-0.2, -0.15) is 5.10 Å². The number of hydrogen-bond acceptors (Lipinski definition) is 4. The van der Waals surface area contributed by atoms with E-state index in [0.717, 1.165) is 48.6 Å². The molecule has 4 rings (SSSR count). The molecule has 3 aromatic rings. The lowest BCUT2D eigenvalue weighted by molar-refractivity contribution is 0.214. The minimum Gasteiger partial charge on any atom is -0.504 e. The zero-order valence-electron chi connectivity index (χ0n) is 15.2. The largest absolute Gasteiger partial charge is 0.504 e. The fourth-order valence-electron chi connectivity index (χ4n) is 3.45. The summed E-state index contributed by atoms with van der Waals surface area (Å²) in [6.07, 6.45) is 1.82. The summed E-state index contributed by atoms with van der Waals surface area (Å²) in [5, 5.41) is 15.5. The van der Waals surface area contributed by atoms with Crippen molar-refractivity contribution in [2.75, 3.05) is 19.7 Å². The highest BCUT2D eigenvalue weighted by Gasteiger charge is 2.20. The van der Waals surface area contributed by atoms with Crippen molar-refractivity contribution >= 4 is 11.6 Å². The zero-order chi connectivity index (χ0) is 18.8. The molecular weight excluding hydrogens is 362 g/mol. The second-order valence-electron chi connectivity index (χ2n) is 6.81. The van der Waals surface area contributed by atoms with Crippen molar-refractivity contribution in [3.63, 3.8) is 0 Å². The quantitative estimate of drug-likeness (QED) is 0.736. The molecule has 0 saturated carbocycles. The first kappa shape index (κ1) is 17.9. The van der Waals surface area contributed by atoms with E-state index in [1.54, 1.807) is 6.07 Å². The molecule has 1 aromatic heterocycles. The molecule has 0 unspecified atom stereocenters. The van der Waals surface area contributed by atoms with Gasteiger partial charge >= 0.3 is 0 Å². The molecule has 1 aliphatic heterocycles. The first-order valence-electron chi connectivity index (χ1n) is 9.05. The predicted octanol–water partition coefficient (Wildman–Crippen LogP) is 4.11. The molecule has 6 heteroatoms. The summed E-state index contributed by atoms with van der Waals surface area (Å²) < 4.78 is 7.85. The number of nitrogens with zero attached hydrogens (tertiary/aromatic N) is 3. The fourth-order valence-corrected chi connectivity index (χ4v) is 3.64. The molecule has 1 aliphatic rings. The molecule has 27 heavy (non-hydrogen) atoms. The number of phenols is 1. The van der Waals surface area contributed by atoms with Crippen LogP contribution in [0.3, 0.4) is 0 Å². The van der Waals surface area contributed by atoms with Gasteiger partial charge in [-0.1, -0.05) is 23.7 Å². The third-order valence-electron chi connectivity index (χ3n) is 4.91. The van der Waals surface area contributed by atoms with Gasteiger partial charge in [0.1, 0.15) is 6.61 Å². The highest BCUT2D eigenvalue weighted by Crippen LogP contribution is 2.38. The van der Waals surface area contributed by atoms with E-state index >= 15 is 0 Å². The van der Waals surface area contributed by atoms with Gasteiger partial charge < -0.3 is 9.84 Å². The maximum Gasteiger partial charge on any atom is 0.165 e. The number of phenolic OH excluding ortho intramolecular Hbond substituents is 1. The summed E-state index contributed by atoms with van der Waals surface area (Å²) in [5.41, 5.74) is 4.05. The van der Waals surface area contributed by atoms with E-state index in [2.05, 4.69) is 23.0 Å². The summed E-state index contributed by atoms with van der Waals surface area (Å²) in [6.45, 7) is 5.83. The van der Waals surface area contributed by atoms with Crippen LogP contribution in [0.2, 0.25) is 5.02 Å². The normalized spacial score (nSPS) is 14.4. The van der Waals surface area contributed by atoms with Gasteiger partial charge in [-0.15, -0.1) is 0 Å². The van der Waals surface area contributed by atoms with Gasteiger partial charge in [-0.25, -0.2) is 0 Å². The van der Waals surface area contributed by atoms with Crippen LogP contribution in [0.15, 0.2) is 48.7 Å². The van der Waals surface area contributed by atoms with Gasteiger partial charge in [-0.05, 0) is 48.4 Å². The van der Waals surface area contributed by atoms with E-state index in [1.807, 2.05) is 41.2 Å². The van der Waals surface area contributed by atoms with Crippen molar-refractivity contribution in [1.82, 2.24) is 14.7 Å². The van der Waals surface area contributed by atoms with Crippen LogP contribution < -0.4 is 4.74 Å². The number of aromatic hydroxyl groups is 1. The molecule has 0 spiro atoms. The monoisotopic (exact) mass is 383 g/mol. The molecule has 0 fully saturated rings. The minimum absolute atomic E-state index is 0.173. The highest BCUT2D eigenvalue weighted by atomic mass is 35.5. The van der Waals surface area contributed by atoms with Gasteiger partial charge in [0.05, 0.1) is 6.54 Å². The number of benzene rings is 2. The molecule has 0 atom stereocenters. The maximum absolute atomic E-state index is 10.5. The van der Waals surface area contributed by atoms with Crippen LogP contribution in [-0.2, 0) is 13.1 Å². The molecule has 140 valence electrons. The van der Waals surface area contributed by atoms with Crippen molar-refractivity contribution in [3.8, 4) is 22.6 Å². The average Bonchev–Trinajstić information content (AvgIpc) is 2.94. The minimum atomic E-state index is 0.173. The van der Waals surface area contributed by atoms with Crippen molar-refractivity contribution in [2.24, 2.45) is 0 Å². The number of halogens is 1. The van der Waals surface area contributed by atoms with Gasteiger partial charge in [0.2, 0.25) is 0 Å². The molecule has 0 aliphatic carbocycles. The van der Waals surface area contributed by atoms with Crippen LogP contribution in [0, 0.1) is 6.92 Å². The highest BCUT2D eigenvalue weighted by molar-refractivity contribution is 6.30. The van der Waals surface area contributed by atoms with E-state index in [4.69, 9.17) is 16.3 Å². The zero-order valence-corrected chi connectivity index (χ0v) is 16.0. The Balaban J connectivity index is 1.58. The summed E-state index contributed by atoms with van der Waals surface area (Å²) in [5.74, 6) is 0.755. The first-order chi connectivity index (χ1) is 13.1. The Morgan fingerprint density at radius 1 is 1.15 bits per heavy atom. The SMILES string of the molecule is Cc1ccnn1CCN1CCOc2c(O)cc(-c3cccc(Cl)c3)cc2C1. The molecule has 0 bridgehead atoms. The smallest absolute Gasteiger partial charge is 0.165 e. The van der Waals surface area contributed by atoms with E-state index in [-0.39, 0.29) is 5.75 Å². The van der Waals surface area contributed by atoms with E-state index < -0.39 is 0 Å². The third kappa shape index (κ3) is 3.94. The maximum atomic E-state index is 10.5. The molecule has 0 saturated heterocycles. The standard InChI is InChI=1S/C21H22ClN3O2/c1-15-5-6-23-25(15)8-7-24-9-10-27-21-18(14-24)11-17(13-20(21)26)16-3-2-4-19(22)12-16/h2-6,11-13,26H,7-10,14H2,1H3. The van der Waals surface area contributed by atoms with E-state index in [1.165, 1.54) is 0 Å². The van der Waals surface area contributed by atoms with Crippen LogP contribution in [0.25, 0.3) is 11.1 Å². The predicted molar refractivity (Wildman–Crippen MR) is 106 cm³/mol. The molecule has 2 heterocycles. The van der Waals surface area contributed by atoms with Crippen molar-refractivity contribution in [2.45, 2.75) is 20.0 Å². The molecule has 0 radical (unpaired) electrons. The second kappa shape index (κ2) is 7.62. The van der Waals surface area contributed by atoms with Crippen LogP contribution >= 0.6 is 11.6 Å². The number of fused-ring (bicyclic) bond motifs is 1. The van der Waals surface area contributed by atoms with Crippen molar-refractivity contribution in [3.05, 3.63) is 64.9 Å². The molecule has 1 N–H and O–H groups in total. The van der Waals surface area contributed by atoms with Gasteiger partial charge in [-0.3, -0.25) is 9.58 Å². The Kier molecular flexibility index (Phi) is 5.05. The lowest BCUT2D eigenvalue weighted by atomic mass is 10.0. The van der Waals surface area contributed by atoms with Crippen molar-refractivity contribution < 1.29 is 9.84 Å². The number of ether oxygens (including phenoxy) is 1. The summed E-state index contributed by atoms with van der Waals surface area (Å²) in [7, 11) is 0. The van der Waals surface area contributed by atoms with Gasteiger partial charge in [0, 0.05) is 42.1 Å². The second-order valence-corrected chi connectivity index (χ2v) is 7.25. The summed E-state index contributed by atoms with van der Waals surface area (Å²) in [4.78, 5) is 2.33. The summed E-state index contributed by atoms with van der Waals surface area (Å²) in [6, 6.07) is 13.5. The number of rotatable bonds is 4. The Morgan fingerprint density at radius 2 is 2.04 bits per heavy atom. The number of aromatic nitrogens is 2. The molecule has 5 nitrogen and oxygen atoms in total. The first-order valence-corrected chi connectivity index (χ1v) is 9.43. The molecule has 2 aromatic carbocycles. The topological polar surface area (TPSA) is 50.5 Å². The number of aryl methyl sites for hydroxylation is 1.